The Balaban J connectivity index is 1.66. The van der Waals surface area contributed by atoms with Gasteiger partial charge in [0, 0.05) is 25.1 Å². The SMILES string of the molecule is Brc1cc(N2CCn3cnnc3C2)nc(C2CC2)n1. The van der Waals surface area contributed by atoms with E-state index in [4.69, 9.17) is 4.98 Å². The quantitative estimate of drug-likeness (QED) is 0.789. The predicted octanol–water partition coefficient (Wildman–Crippen LogP) is 1.73. The summed E-state index contributed by atoms with van der Waals surface area (Å²) in [7, 11) is 0. The van der Waals surface area contributed by atoms with E-state index in [9.17, 15) is 0 Å². The zero-order chi connectivity index (χ0) is 12.8. The highest BCUT2D eigenvalue weighted by molar-refractivity contribution is 9.10. The summed E-state index contributed by atoms with van der Waals surface area (Å²) in [6.07, 6.45) is 4.21. The van der Waals surface area contributed by atoms with Gasteiger partial charge in [0.2, 0.25) is 0 Å². The van der Waals surface area contributed by atoms with Gasteiger partial charge in [-0.15, -0.1) is 10.2 Å². The third-order valence-corrected chi connectivity index (χ3v) is 4.01. The van der Waals surface area contributed by atoms with Crippen LogP contribution in [0.15, 0.2) is 17.0 Å². The number of anilines is 1. The topological polar surface area (TPSA) is 59.7 Å². The van der Waals surface area contributed by atoms with Crippen LogP contribution in [-0.4, -0.2) is 31.3 Å². The van der Waals surface area contributed by atoms with Gasteiger partial charge >= 0.3 is 0 Å². The second kappa shape index (κ2) is 4.26. The average Bonchev–Trinajstić information content (AvgIpc) is 3.16. The van der Waals surface area contributed by atoms with Crippen molar-refractivity contribution in [1.82, 2.24) is 24.7 Å². The molecule has 0 spiro atoms. The van der Waals surface area contributed by atoms with Crippen molar-refractivity contribution in [3.63, 3.8) is 0 Å². The molecular weight excluding hydrogens is 308 g/mol. The van der Waals surface area contributed by atoms with E-state index in [1.807, 2.05) is 6.07 Å². The zero-order valence-corrected chi connectivity index (χ0v) is 11.9. The molecule has 0 bridgehead atoms. The number of rotatable bonds is 2. The third-order valence-electron chi connectivity index (χ3n) is 3.60. The number of fused-ring (bicyclic) bond motifs is 1. The minimum atomic E-state index is 0.560. The van der Waals surface area contributed by atoms with Gasteiger partial charge in [0.05, 0.1) is 6.54 Å². The molecule has 0 N–H and O–H groups in total. The van der Waals surface area contributed by atoms with Gasteiger partial charge in [0.1, 0.15) is 22.6 Å². The van der Waals surface area contributed by atoms with E-state index >= 15 is 0 Å². The van der Waals surface area contributed by atoms with Gasteiger partial charge < -0.3 is 9.47 Å². The van der Waals surface area contributed by atoms with E-state index in [1.54, 1.807) is 6.33 Å². The van der Waals surface area contributed by atoms with Gasteiger partial charge in [-0.3, -0.25) is 0 Å². The van der Waals surface area contributed by atoms with Gasteiger partial charge in [-0.1, -0.05) is 0 Å². The molecule has 4 rings (SSSR count). The smallest absolute Gasteiger partial charge is 0.152 e. The van der Waals surface area contributed by atoms with Crippen LogP contribution in [0.5, 0.6) is 0 Å². The summed E-state index contributed by atoms with van der Waals surface area (Å²) in [5.41, 5.74) is 0. The summed E-state index contributed by atoms with van der Waals surface area (Å²) in [4.78, 5) is 11.4. The van der Waals surface area contributed by atoms with Gasteiger partial charge in [-0.25, -0.2) is 9.97 Å². The monoisotopic (exact) mass is 320 g/mol. The molecule has 2 aromatic rings. The van der Waals surface area contributed by atoms with Gasteiger partial charge in [0.15, 0.2) is 5.82 Å². The normalized spacial score (nSPS) is 18.5. The lowest BCUT2D eigenvalue weighted by Crippen LogP contribution is -2.34. The van der Waals surface area contributed by atoms with Crippen molar-refractivity contribution < 1.29 is 0 Å². The first kappa shape index (κ1) is 11.3. The average molecular weight is 321 g/mol. The van der Waals surface area contributed by atoms with Crippen molar-refractivity contribution in [2.45, 2.75) is 31.8 Å². The van der Waals surface area contributed by atoms with Crippen LogP contribution < -0.4 is 4.90 Å². The third kappa shape index (κ3) is 2.11. The van der Waals surface area contributed by atoms with Crippen molar-refractivity contribution >= 4 is 21.7 Å². The number of halogens is 1. The summed E-state index contributed by atoms with van der Waals surface area (Å²) in [5.74, 6) is 3.51. The molecule has 0 amide bonds. The van der Waals surface area contributed by atoms with Gasteiger partial charge in [-0.2, -0.15) is 0 Å². The molecule has 0 atom stereocenters. The van der Waals surface area contributed by atoms with E-state index in [1.165, 1.54) is 12.8 Å². The molecule has 0 radical (unpaired) electrons. The molecule has 1 fully saturated rings. The molecule has 1 aliphatic heterocycles. The number of hydrogen-bond acceptors (Lipinski definition) is 5. The highest BCUT2D eigenvalue weighted by Crippen LogP contribution is 2.39. The molecule has 2 aromatic heterocycles. The van der Waals surface area contributed by atoms with Crippen LogP contribution in [-0.2, 0) is 13.1 Å². The molecule has 7 heteroatoms. The minimum absolute atomic E-state index is 0.560. The Bertz CT molecular complexity index is 620. The van der Waals surface area contributed by atoms with E-state index in [2.05, 4.69) is 40.6 Å². The fourth-order valence-corrected chi connectivity index (χ4v) is 2.76. The molecule has 1 saturated carbocycles. The summed E-state index contributed by atoms with van der Waals surface area (Å²) in [5, 5.41) is 8.09. The van der Waals surface area contributed by atoms with Crippen LogP contribution >= 0.6 is 15.9 Å². The van der Waals surface area contributed by atoms with E-state index in [-0.39, 0.29) is 0 Å². The minimum Gasteiger partial charge on any atom is -0.347 e. The molecule has 3 heterocycles. The largest absolute Gasteiger partial charge is 0.347 e. The molecule has 19 heavy (non-hydrogen) atoms. The van der Waals surface area contributed by atoms with Crippen LogP contribution in [0.2, 0.25) is 0 Å². The van der Waals surface area contributed by atoms with Crippen molar-refractivity contribution in [2.75, 3.05) is 11.4 Å². The highest BCUT2D eigenvalue weighted by Gasteiger charge is 2.28. The summed E-state index contributed by atoms with van der Waals surface area (Å²) < 4.78 is 2.96. The van der Waals surface area contributed by atoms with E-state index in [0.29, 0.717) is 5.92 Å². The second-order valence-corrected chi connectivity index (χ2v) is 5.86. The predicted molar refractivity (Wildman–Crippen MR) is 72.8 cm³/mol. The number of aromatic nitrogens is 5. The maximum absolute atomic E-state index is 4.70. The van der Waals surface area contributed by atoms with E-state index in [0.717, 1.165) is 41.7 Å². The molecule has 0 saturated heterocycles. The lowest BCUT2D eigenvalue weighted by Gasteiger charge is -2.28. The summed E-state index contributed by atoms with van der Waals surface area (Å²) in [6, 6.07) is 1.98. The van der Waals surface area contributed by atoms with Crippen LogP contribution in [0, 0.1) is 0 Å². The Morgan fingerprint density at radius 2 is 2.11 bits per heavy atom. The zero-order valence-electron chi connectivity index (χ0n) is 10.3. The maximum Gasteiger partial charge on any atom is 0.152 e. The lowest BCUT2D eigenvalue weighted by atomic mass is 10.3. The van der Waals surface area contributed by atoms with Crippen LogP contribution in [0.1, 0.15) is 30.4 Å². The molecular formula is C12H13BrN6. The first-order valence-electron chi connectivity index (χ1n) is 6.46. The Kier molecular flexibility index (Phi) is 2.54. The number of nitrogens with zero attached hydrogens (tertiary/aromatic N) is 6. The van der Waals surface area contributed by atoms with Crippen molar-refractivity contribution in [2.24, 2.45) is 0 Å². The van der Waals surface area contributed by atoms with Crippen LogP contribution in [0.25, 0.3) is 0 Å². The van der Waals surface area contributed by atoms with E-state index < -0.39 is 0 Å². The van der Waals surface area contributed by atoms with Crippen LogP contribution in [0.3, 0.4) is 0 Å². The van der Waals surface area contributed by atoms with Gasteiger partial charge in [-0.05, 0) is 28.8 Å². The first-order valence-corrected chi connectivity index (χ1v) is 7.25. The van der Waals surface area contributed by atoms with Crippen molar-refractivity contribution in [3.8, 4) is 0 Å². The number of hydrogen-bond donors (Lipinski definition) is 0. The van der Waals surface area contributed by atoms with Crippen molar-refractivity contribution in [1.29, 1.82) is 0 Å². The second-order valence-electron chi connectivity index (χ2n) is 5.04. The fourth-order valence-electron chi connectivity index (χ4n) is 2.37. The highest BCUT2D eigenvalue weighted by atomic mass is 79.9. The first-order chi connectivity index (χ1) is 9.29. The molecule has 0 unspecified atom stereocenters. The molecule has 6 nitrogen and oxygen atoms in total. The molecule has 0 aromatic carbocycles. The Hall–Kier alpha value is -1.50. The molecule has 2 aliphatic rings. The Morgan fingerprint density at radius 3 is 2.95 bits per heavy atom. The van der Waals surface area contributed by atoms with Crippen LogP contribution in [0.4, 0.5) is 5.82 Å². The summed E-state index contributed by atoms with van der Waals surface area (Å²) >= 11 is 3.49. The fraction of sp³-hybridized carbons (Fsp3) is 0.500. The lowest BCUT2D eigenvalue weighted by molar-refractivity contribution is 0.554. The maximum atomic E-state index is 4.70. The van der Waals surface area contributed by atoms with Crippen molar-refractivity contribution in [3.05, 3.63) is 28.6 Å². The summed E-state index contributed by atoms with van der Waals surface area (Å²) in [6.45, 7) is 2.59. The standard InChI is InChI=1S/C12H13BrN6/c13-9-5-10(16-12(15-9)8-1-2-8)18-3-4-19-7-14-17-11(19)6-18/h5,7-8H,1-4,6H2. The Labute approximate surface area is 119 Å². The molecule has 1 aliphatic carbocycles. The van der Waals surface area contributed by atoms with Gasteiger partial charge in [0.25, 0.3) is 0 Å². The molecule has 98 valence electrons. The Morgan fingerprint density at radius 1 is 1.21 bits per heavy atom.